The number of anilines is 2. The first-order valence-electron chi connectivity index (χ1n) is 10.5. The molecule has 7 heteroatoms. The van der Waals surface area contributed by atoms with Gasteiger partial charge in [-0.1, -0.05) is 47.5 Å². The van der Waals surface area contributed by atoms with Crippen molar-refractivity contribution in [1.29, 1.82) is 0 Å². The van der Waals surface area contributed by atoms with Gasteiger partial charge in [0.15, 0.2) is 0 Å². The first-order chi connectivity index (χ1) is 15.3. The van der Waals surface area contributed by atoms with Crippen LogP contribution >= 0.6 is 11.6 Å². The highest BCUT2D eigenvalue weighted by molar-refractivity contribution is 7.92. The van der Waals surface area contributed by atoms with Crippen molar-refractivity contribution in [2.45, 2.75) is 31.6 Å². The molecular formula is C25H25ClN2O3S. The summed E-state index contributed by atoms with van der Waals surface area (Å²) in [4.78, 5) is 15.3. The number of fused-ring (bicyclic) bond motifs is 1. The largest absolute Gasteiger partial charge is 0.311 e. The molecule has 0 atom stereocenters. The first-order valence-corrected chi connectivity index (χ1v) is 12.3. The zero-order valence-corrected chi connectivity index (χ0v) is 19.7. The summed E-state index contributed by atoms with van der Waals surface area (Å²) in [5.74, 6) is -0.262. The van der Waals surface area contributed by atoms with Crippen LogP contribution in [0.25, 0.3) is 0 Å². The number of nitrogens with zero attached hydrogens (tertiary/aromatic N) is 2. The maximum Gasteiger partial charge on any atom is 0.264 e. The lowest BCUT2D eigenvalue weighted by Gasteiger charge is -2.32. The number of sulfonamides is 1. The number of carbonyl (C=O) groups is 1. The number of halogens is 1. The van der Waals surface area contributed by atoms with Crippen LogP contribution in [0.15, 0.2) is 71.6 Å². The number of hydrogen-bond donors (Lipinski definition) is 0. The van der Waals surface area contributed by atoms with Crippen molar-refractivity contribution in [2.24, 2.45) is 0 Å². The van der Waals surface area contributed by atoms with Gasteiger partial charge in [0.1, 0.15) is 6.54 Å². The molecule has 3 aromatic carbocycles. The molecule has 1 aliphatic rings. The van der Waals surface area contributed by atoms with Crippen molar-refractivity contribution in [3.8, 4) is 0 Å². The molecule has 1 aliphatic heterocycles. The molecule has 0 fully saturated rings. The fourth-order valence-electron chi connectivity index (χ4n) is 4.04. The van der Waals surface area contributed by atoms with Crippen LogP contribution in [0.1, 0.15) is 23.1 Å². The van der Waals surface area contributed by atoms with E-state index in [0.29, 0.717) is 22.8 Å². The number of aryl methyl sites for hydroxylation is 3. The van der Waals surface area contributed by atoms with Crippen molar-refractivity contribution in [3.05, 3.63) is 88.4 Å². The van der Waals surface area contributed by atoms with Crippen LogP contribution in [-0.4, -0.2) is 27.4 Å². The standard InChI is InChI=1S/C25H25ClN2O3S/c1-18-9-12-22(13-10-18)32(30,31)28(23-14-11-21(26)16-19(23)2)17-25(29)27-15-5-7-20-6-3-4-8-24(20)27/h3-4,6,8-14,16H,5,7,15,17H2,1-2H3. The Bertz CT molecular complexity index is 1260. The summed E-state index contributed by atoms with van der Waals surface area (Å²) < 4.78 is 28.5. The topological polar surface area (TPSA) is 57.7 Å². The normalized spacial score (nSPS) is 13.5. The lowest BCUT2D eigenvalue weighted by Crippen LogP contribution is -2.45. The van der Waals surface area contributed by atoms with Gasteiger partial charge in [-0.15, -0.1) is 0 Å². The molecule has 5 nitrogen and oxygen atoms in total. The van der Waals surface area contributed by atoms with Crippen molar-refractivity contribution in [2.75, 3.05) is 22.3 Å². The summed E-state index contributed by atoms with van der Waals surface area (Å²) in [7, 11) is -3.97. The van der Waals surface area contributed by atoms with Crippen molar-refractivity contribution < 1.29 is 13.2 Å². The third kappa shape index (κ3) is 4.38. The van der Waals surface area contributed by atoms with E-state index in [9.17, 15) is 13.2 Å². The smallest absolute Gasteiger partial charge is 0.264 e. The molecule has 166 valence electrons. The van der Waals surface area contributed by atoms with Crippen molar-refractivity contribution >= 4 is 38.9 Å². The lowest BCUT2D eigenvalue weighted by molar-refractivity contribution is -0.117. The highest BCUT2D eigenvalue weighted by atomic mass is 35.5. The van der Waals surface area contributed by atoms with Gasteiger partial charge in [0.05, 0.1) is 10.6 Å². The summed E-state index contributed by atoms with van der Waals surface area (Å²) >= 11 is 6.11. The average molecular weight is 469 g/mol. The summed E-state index contributed by atoms with van der Waals surface area (Å²) in [5.41, 5.74) is 4.03. The SMILES string of the molecule is Cc1ccc(S(=O)(=O)N(CC(=O)N2CCCc3ccccc32)c2ccc(Cl)cc2C)cc1. The number of amides is 1. The fourth-order valence-corrected chi connectivity index (χ4v) is 5.74. The Labute approximate surface area is 194 Å². The summed E-state index contributed by atoms with van der Waals surface area (Å²) in [6.45, 7) is 3.95. The van der Waals surface area contributed by atoms with Gasteiger partial charge in [0.25, 0.3) is 10.0 Å². The Kier molecular flexibility index (Phi) is 6.26. The zero-order valence-electron chi connectivity index (χ0n) is 18.1. The van der Waals surface area contributed by atoms with Crippen molar-refractivity contribution in [3.63, 3.8) is 0 Å². The Balaban J connectivity index is 1.75. The van der Waals surface area contributed by atoms with Gasteiger partial charge >= 0.3 is 0 Å². The molecule has 4 rings (SSSR count). The van der Waals surface area contributed by atoms with E-state index in [1.165, 1.54) is 4.31 Å². The lowest BCUT2D eigenvalue weighted by atomic mass is 10.0. The summed E-state index contributed by atoms with van der Waals surface area (Å²) in [5, 5.41) is 0.509. The second-order valence-electron chi connectivity index (χ2n) is 8.03. The minimum absolute atomic E-state index is 0.143. The van der Waals surface area contributed by atoms with Crippen LogP contribution in [0.4, 0.5) is 11.4 Å². The van der Waals surface area contributed by atoms with Gasteiger partial charge in [-0.2, -0.15) is 0 Å². The molecule has 3 aromatic rings. The van der Waals surface area contributed by atoms with Gasteiger partial charge in [-0.3, -0.25) is 9.10 Å². The maximum atomic E-state index is 13.7. The Morgan fingerprint density at radius 3 is 2.47 bits per heavy atom. The molecule has 1 amide bonds. The summed E-state index contributed by atoms with van der Waals surface area (Å²) in [6.07, 6.45) is 1.75. The van der Waals surface area contributed by atoms with E-state index in [1.807, 2.05) is 31.2 Å². The quantitative estimate of drug-likeness (QED) is 0.521. The van der Waals surface area contributed by atoms with Gasteiger partial charge in [0.2, 0.25) is 5.91 Å². The third-order valence-electron chi connectivity index (χ3n) is 5.73. The van der Waals surface area contributed by atoms with Gasteiger partial charge in [-0.25, -0.2) is 8.42 Å². The molecule has 0 radical (unpaired) electrons. The molecule has 0 aromatic heterocycles. The molecule has 0 N–H and O–H groups in total. The molecule has 0 saturated carbocycles. The highest BCUT2D eigenvalue weighted by Gasteiger charge is 2.31. The van der Waals surface area contributed by atoms with E-state index in [2.05, 4.69) is 0 Å². The van der Waals surface area contributed by atoms with Crippen LogP contribution in [0, 0.1) is 13.8 Å². The average Bonchev–Trinajstić information content (AvgIpc) is 2.77. The van der Waals surface area contributed by atoms with E-state index in [1.54, 1.807) is 54.3 Å². The van der Waals surface area contributed by atoms with Crippen LogP contribution < -0.4 is 9.21 Å². The number of rotatable bonds is 5. The van der Waals surface area contributed by atoms with Crippen molar-refractivity contribution in [1.82, 2.24) is 0 Å². The summed E-state index contributed by atoms with van der Waals surface area (Å²) in [6, 6.07) is 19.4. The Hall–Kier alpha value is -2.83. The van der Waals surface area contributed by atoms with Gasteiger partial charge < -0.3 is 4.90 Å². The fraction of sp³-hybridized carbons (Fsp3) is 0.240. The molecule has 0 saturated heterocycles. The number of benzene rings is 3. The van der Waals surface area contributed by atoms with E-state index in [-0.39, 0.29) is 17.3 Å². The second-order valence-corrected chi connectivity index (χ2v) is 10.3. The minimum atomic E-state index is -3.97. The van der Waals surface area contributed by atoms with E-state index in [0.717, 1.165) is 29.7 Å². The molecule has 0 unspecified atom stereocenters. The molecule has 0 bridgehead atoms. The molecular weight excluding hydrogens is 444 g/mol. The minimum Gasteiger partial charge on any atom is -0.311 e. The molecule has 32 heavy (non-hydrogen) atoms. The number of para-hydroxylation sites is 1. The van der Waals surface area contributed by atoms with Crippen LogP contribution in [0.2, 0.25) is 5.02 Å². The van der Waals surface area contributed by atoms with Crippen LogP contribution in [-0.2, 0) is 21.2 Å². The zero-order chi connectivity index (χ0) is 22.9. The molecule has 0 spiro atoms. The van der Waals surface area contributed by atoms with E-state index in [4.69, 9.17) is 11.6 Å². The number of carbonyl (C=O) groups excluding carboxylic acids is 1. The van der Waals surface area contributed by atoms with Gasteiger partial charge in [0, 0.05) is 17.3 Å². The molecule has 1 heterocycles. The number of hydrogen-bond acceptors (Lipinski definition) is 3. The Morgan fingerprint density at radius 2 is 1.75 bits per heavy atom. The Morgan fingerprint density at radius 1 is 1.03 bits per heavy atom. The predicted octanol–water partition coefficient (Wildman–Crippen LogP) is 5.13. The first kappa shape index (κ1) is 22.4. The maximum absolute atomic E-state index is 13.7. The predicted molar refractivity (Wildman–Crippen MR) is 129 cm³/mol. The van der Waals surface area contributed by atoms with Crippen LogP contribution in [0.3, 0.4) is 0 Å². The monoisotopic (exact) mass is 468 g/mol. The third-order valence-corrected chi connectivity index (χ3v) is 7.74. The highest BCUT2D eigenvalue weighted by Crippen LogP contribution is 2.31. The second kappa shape index (κ2) is 8.96. The van der Waals surface area contributed by atoms with E-state index < -0.39 is 10.0 Å². The van der Waals surface area contributed by atoms with Gasteiger partial charge in [-0.05, 0) is 74.2 Å². The van der Waals surface area contributed by atoms with Crippen LogP contribution in [0.5, 0.6) is 0 Å². The molecule has 0 aliphatic carbocycles. The van der Waals surface area contributed by atoms with E-state index >= 15 is 0 Å².